The number of fused-ring (bicyclic) bond motifs is 2. The highest BCUT2D eigenvalue weighted by Gasteiger charge is 2.40. The Morgan fingerprint density at radius 3 is 2.78 bits per heavy atom. The number of hydrogen-bond donors (Lipinski definition) is 3. The Hall–Kier alpha value is -4.11. The minimum absolute atomic E-state index is 0.0874. The largest absolute Gasteiger partial charge is 0.488 e. The number of carbonyl (C=O) groups excluding carboxylic acids is 2. The molecule has 2 aliphatic carbocycles. The molecule has 0 bridgehead atoms. The van der Waals surface area contributed by atoms with Crippen molar-refractivity contribution < 1.29 is 42.5 Å². The molecule has 2 fully saturated rings. The van der Waals surface area contributed by atoms with Crippen LogP contribution < -0.4 is 25.4 Å². The molecule has 6 rings (SSSR count). The number of amides is 2. The Labute approximate surface area is 233 Å². The summed E-state index contributed by atoms with van der Waals surface area (Å²) in [4.78, 5) is 44.2. The van der Waals surface area contributed by atoms with E-state index in [-0.39, 0.29) is 61.4 Å². The number of nitrogens with two attached hydrogens (primary N) is 1. The number of nitrogens with one attached hydrogen (secondary N) is 1. The number of carbonyl (C=O) groups is 3. The van der Waals surface area contributed by atoms with Crippen LogP contribution in [0.3, 0.4) is 0 Å². The summed E-state index contributed by atoms with van der Waals surface area (Å²) in [6.45, 7) is 0.582. The first-order valence-electron chi connectivity index (χ1n) is 13.1. The summed E-state index contributed by atoms with van der Waals surface area (Å²) in [6.07, 6.45) is 3.30. The van der Waals surface area contributed by atoms with Crippen molar-refractivity contribution in [3.8, 4) is 11.6 Å². The predicted octanol–water partition coefficient (Wildman–Crippen LogP) is 1.47. The van der Waals surface area contributed by atoms with Gasteiger partial charge in [0.15, 0.2) is 29.8 Å². The molecule has 220 valence electrons. The SMILES string of the molecule is CN(CCC1CN(c2cnc3c(n2)NC(=O)CO3)C(=O)O1)C1Cc2c(F)cc(OCC3(N)CC3)c(F)c2C1.O=CO. The third kappa shape index (κ3) is 6.15. The average molecular weight is 577 g/mol. The third-order valence-corrected chi connectivity index (χ3v) is 7.58. The molecule has 0 spiro atoms. The number of rotatable bonds is 8. The van der Waals surface area contributed by atoms with Crippen molar-refractivity contribution in [1.29, 1.82) is 0 Å². The van der Waals surface area contributed by atoms with E-state index >= 15 is 4.39 Å². The van der Waals surface area contributed by atoms with Crippen LogP contribution >= 0.6 is 0 Å². The molecule has 2 amide bonds. The van der Waals surface area contributed by atoms with Crippen LogP contribution in [-0.4, -0.2) is 89.5 Å². The van der Waals surface area contributed by atoms with E-state index in [1.54, 1.807) is 0 Å². The monoisotopic (exact) mass is 576 g/mol. The van der Waals surface area contributed by atoms with Gasteiger partial charge in [-0.25, -0.2) is 23.5 Å². The fraction of sp³-hybridized carbons (Fsp3) is 0.500. The summed E-state index contributed by atoms with van der Waals surface area (Å²) in [7, 11) is 1.89. The Bertz CT molecular complexity index is 1360. The molecule has 2 unspecified atom stereocenters. The summed E-state index contributed by atoms with van der Waals surface area (Å²) in [5.41, 5.74) is 6.31. The summed E-state index contributed by atoms with van der Waals surface area (Å²) in [6, 6.07) is 1.02. The quantitative estimate of drug-likeness (QED) is 0.389. The molecule has 3 heterocycles. The Balaban J connectivity index is 0.00000108. The number of aromatic nitrogens is 2. The normalized spacial score (nSPS) is 21.6. The molecule has 4 N–H and O–H groups in total. The molecule has 15 heteroatoms. The molecule has 2 atom stereocenters. The van der Waals surface area contributed by atoms with E-state index in [0.29, 0.717) is 36.9 Å². The maximum absolute atomic E-state index is 15.1. The van der Waals surface area contributed by atoms with Gasteiger partial charge in [0.1, 0.15) is 18.5 Å². The molecule has 1 aromatic heterocycles. The van der Waals surface area contributed by atoms with Crippen LogP contribution in [0.2, 0.25) is 0 Å². The highest BCUT2D eigenvalue weighted by Crippen LogP contribution is 2.37. The van der Waals surface area contributed by atoms with Crippen LogP contribution in [-0.2, 0) is 27.2 Å². The minimum atomic E-state index is -0.564. The van der Waals surface area contributed by atoms with Gasteiger partial charge in [-0.05, 0) is 50.3 Å². The Morgan fingerprint density at radius 1 is 1.32 bits per heavy atom. The second-order valence-corrected chi connectivity index (χ2v) is 10.6. The smallest absolute Gasteiger partial charge is 0.415 e. The van der Waals surface area contributed by atoms with Crippen LogP contribution in [0.15, 0.2) is 12.3 Å². The lowest BCUT2D eigenvalue weighted by molar-refractivity contribution is -0.123. The average Bonchev–Trinajstić information content (AvgIpc) is 3.33. The van der Waals surface area contributed by atoms with Gasteiger partial charge in [-0.3, -0.25) is 14.5 Å². The Morgan fingerprint density at radius 2 is 2.05 bits per heavy atom. The maximum Gasteiger partial charge on any atom is 0.415 e. The van der Waals surface area contributed by atoms with Gasteiger partial charge in [0.05, 0.1) is 18.3 Å². The van der Waals surface area contributed by atoms with E-state index in [2.05, 4.69) is 15.3 Å². The van der Waals surface area contributed by atoms with E-state index in [9.17, 15) is 14.0 Å². The van der Waals surface area contributed by atoms with E-state index in [1.807, 2.05) is 11.9 Å². The van der Waals surface area contributed by atoms with Crippen molar-refractivity contribution in [3.63, 3.8) is 0 Å². The number of halogens is 2. The van der Waals surface area contributed by atoms with Crippen molar-refractivity contribution in [2.45, 2.75) is 49.8 Å². The summed E-state index contributed by atoms with van der Waals surface area (Å²) < 4.78 is 46.2. The lowest BCUT2D eigenvalue weighted by Crippen LogP contribution is -2.35. The van der Waals surface area contributed by atoms with Crippen LogP contribution in [0.1, 0.15) is 30.4 Å². The van der Waals surface area contributed by atoms with Crippen LogP contribution in [0, 0.1) is 11.6 Å². The van der Waals surface area contributed by atoms with Crippen LogP contribution in [0.4, 0.5) is 25.2 Å². The summed E-state index contributed by atoms with van der Waals surface area (Å²) in [5, 5.41) is 9.46. The molecule has 2 aliphatic heterocycles. The van der Waals surface area contributed by atoms with Gasteiger partial charge < -0.3 is 35.3 Å². The van der Waals surface area contributed by atoms with Crippen molar-refractivity contribution in [1.82, 2.24) is 14.9 Å². The number of anilines is 2. The van der Waals surface area contributed by atoms with Crippen LogP contribution in [0.5, 0.6) is 11.6 Å². The molecule has 1 saturated carbocycles. The first-order valence-corrected chi connectivity index (χ1v) is 13.1. The zero-order valence-electron chi connectivity index (χ0n) is 22.3. The standard InChI is InChI=1S/C25H28F2N6O5.CH2O2/c1-32(13-6-15-16(7-13)21(27)18(8-17(15)26)37-12-25(28)3-4-25)5-2-14-10-33(24(35)38-14)19-9-29-23-22(30-19)31-20(34)11-36-23;2-1-3/h8-9,13-14H,2-7,10-12,28H2,1H3,(H,30,31,34);1H,(H,2,3). The molecule has 13 nitrogen and oxygen atoms in total. The van der Waals surface area contributed by atoms with Gasteiger partial charge >= 0.3 is 6.09 Å². The molecule has 0 radical (unpaired) electrons. The predicted molar refractivity (Wildman–Crippen MR) is 139 cm³/mol. The van der Waals surface area contributed by atoms with Gasteiger partial charge in [0.25, 0.3) is 18.3 Å². The maximum atomic E-state index is 15.1. The van der Waals surface area contributed by atoms with Crippen molar-refractivity contribution in [2.24, 2.45) is 5.73 Å². The minimum Gasteiger partial charge on any atom is -0.488 e. The first-order chi connectivity index (χ1) is 19.6. The number of nitrogens with zero attached hydrogens (tertiary/aromatic N) is 4. The Kier molecular flexibility index (Phi) is 7.91. The van der Waals surface area contributed by atoms with E-state index in [1.165, 1.54) is 11.1 Å². The van der Waals surface area contributed by atoms with Gasteiger partial charge in [0.2, 0.25) is 0 Å². The molecule has 41 heavy (non-hydrogen) atoms. The van der Waals surface area contributed by atoms with Crippen molar-refractivity contribution >= 4 is 30.1 Å². The molecular weight excluding hydrogens is 546 g/mol. The highest BCUT2D eigenvalue weighted by molar-refractivity contribution is 5.94. The van der Waals surface area contributed by atoms with E-state index < -0.39 is 29.4 Å². The number of benzene rings is 1. The van der Waals surface area contributed by atoms with Gasteiger partial charge in [-0.2, -0.15) is 0 Å². The fourth-order valence-electron chi connectivity index (χ4n) is 4.99. The topological polar surface area (TPSA) is 169 Å². The molecule has 1 aromatic carbocycles. The van der Waals surface area contributed by atoms with Crippen molar-refractivity contribution in [3.05, 3.63) is 35.0 Å². The summed E-state index contributed by atoms with van der Waals surface area (Å²) in [5.74, 6) is -0.845. The lowest BCUT2D eigenvalue weighted by Gasteiger charge is -2.25. The number of hydrogen-bond acceptors (Lipinski definition) is 10. The fourth-order valence-corrected chi connectivity index (χ4v) is 4.99. The third-order valence-electron chi connectivity index (χ3n) is 7.58. The second kappa shape index (κ2) is 11.4. The zero-order valence-corrected chi connectivity index (χ0v) is 22.3. The summed E-state index contributed by atoms with van der Waals surface area (Å²) >= 11 is 0. The number of carboxylic acid groups (broad SMARTS) is 1. The number of cyclic esters (lactones) is 1. The molecular formula is C26H30F2N6O7. The molecule has 2 aromatic rings. The van der Waals surface area contributed by atoms with Gasteiger partial charge in [0, 0.05) is 18.7 Å². The number of likely N-dealkylation sites (N-methyl/N-ethyl adjacent to an activating group) is 1. The highest BCUT2D eigenvalue weighted by atomic mass is 19.1. The lowest BCUT2D eigenvalue weighted by atomic mass is 10.1. The second-order valence-electron chi connectivity index (χ2n) is 10.6. The molecule has 1 saturated heterocycles. The molecule has 4 aliphatic rings. The zero-order chi connectivity index (χ0) is 29.3. The van der Waals surface area contributed by atoms with Crippen molar-refractivity contribution in [2.75, 3.05) is 43.6 Å². The van der Waals surface area contributed by atoms with E-state index in [4.69, 9.17) is 29.8 Å². The van der Waals surface area contributed by atoms with Gasteiger partial charge in [-0.1, -0.05) is 0 Å². The van der Waals surface area contributed by atoms with E-state index in [0.717, 1.165) is 18.9 Å². The number of ether oxygens (including phenoxy) is 3. The van der Waals surface area contributed by atoms with Gasteiger partial charge in [-0.15, -0.1) is 0 Å². The first kappa shape index (κ1) is 28.4. The van der Waals surface area contributed by atoms with Crippen LogP contribution in [0.25, 0.3) is 0 Å².